The average Bonchev–Trinajstić information content (AvgIpc) is 2.69. The highest BCUT2D eigenvalue weighted by Crippen LogP contribution is 2.27. The second-order valence-electron chi connectivity index (χ2n) is 4.87. The molecular formula is C14H14N2O3. The third-order valence-corrected chi connectivity index (χ3v) is 3.63. The molecule has 0 saturated carbocycles. The summed E-state index contributed by atoms with van der Waals surface area (Å²) in [6.45, 7) is 0.724. The van der Waals surface area contributed by atoms with E-state index in [1.165, 1.54) is 0 Å². The number of aromatic nitrogens is 1. The van der Waals surface area contributed by atoms with Gasteiger partial charge in [-0.1, -0.05) is 0 Å². The Bertz CT molecular complexity index is 687. The Balaban J connectivity index is 2.24. The van der Waals surface area contributed by atoms with E-state index in [0.717, 1.165) is 35.9 Å². The van der Waals surface area contributed by atoms with Crippen molar-refractivity contribution in [3.8, 4) is 0 Å². The molecule has 0 fully saturated rings. The number of rotatable bonds is 1. The quantitative estimate of drug-likeness (QED) is 0.820. The molecular weight excluding hydrogens is 244 g/mol. The summed E-state index contributed by atoms with van der Waals surface area (Å²) in [5.74, 6) is -0.977. The van der Waals surface area contributed by atoms with Gasteiger partial charge in [-0.25, -0.2) is 4.79 Å². The first-order chi connectivity index (χ1) is 9.08. The molecule has 0 bridgehead atoms. The van der Waals surface area contributed by atoms with Crippen molar-refractivity contribution in [2.45, 2.75) is 12.8 Å². The largest absolute Gasteiger partial charge is 0.478 e. The molecule has 5 nitrogen and oxygen atoms in total. The second kappa shape index (κ2) is 4.12. The average molecular weight is 258 g/mol. The standard InChI is InChI=1S/C14H14N2O3/c1-16-6-2-3-9-10-7-8(14(18)19)4-5-11(10)15-12(9)13(16)17/h4-5,7,15H,2-3,6H2,1H3,(H,18,19). The van der Waals surface area contributed by atoms with Crippen molar-refractivity contribution < 1.29 is 14.7 Å². The fourth-order valence-corrected chi connectivity index (χ4v) is 2.61. The summed E-state index contributed by atoms with van der Waals surface area (Å²) in [4.78, 5) is 28.0. The molecule has 0 aliphatic carbocycles. The Morgan fingerprint density at radius 1 is 1.42 bits per heavy atom. The first-order valence-electron chi connectivity index (χ1n) is 6.21. The van der Waals surface area contributed by atoms with Crippen molar-refractivity contribution >= 4 is 22.8 Å². The zero-order valence-corrected chi connectivity index (χ0v) is 10.6. The smallest absolute Gasteiger partial charge is 0.335 e. The molecule has 0 atom stereocenters. The first-order valence-corrected chi connectivity index (χ1v) is 6.21. The van der Waals surface area contributed by atoms with E-state index in [1.54, 1.807) is 30.1 Å². The van der Waals surface area contributed by atoms with Crippen LogP contribution in [-0.2, 0) is 6.42 Å². The zero-order valence-electron chi connectivity index (χ0n) is 10.6. The normalized spacial score (nSPS) is 15.4. The van der Waals surface area contributed by atoms with Crippen molar-refractivity contribution in [2.75, 3.05) is 13.6 Å². The van der Waals surface area contributed by atoms with Gasteiger partial charge in [0.05, 0.1) is 5.56 Å². The summed E-state index contributed by atoms with van der Waals surface area (Å²) >= 11 is 0. The highest BCUT2D eigenvalue weighted by atomic mass is 16.4. The van der Waals surface area contributed by atoms with Crippen molar-refractivity contribution in [3.63, 3.8) is 0 Å². The summed E-state index contributed by atoms with van der Waals surface area (Å²) in [7, 11) is 1.78. The Morgan fingerprint density at radius 3 is 2.95 bits per heavy atom. The monoisotopic (exact) mass is 258 g/mol. The lowest BCUT2D eigenvalue weighted by Crippen LogP contribution is -2.26. The number of carboxylic acid groups (broad SMARTS) is 1. The predicted molar refractivity (Wildman–Crippen MR) is 70.5 cm³/mol. The van der Waals surface area contributed by atoms with E-state index in [0.29, 0.717) is 5.69 Å². The Kier molecular flexibility index (Phi) is 2.55. The summed E-state index contributed by atoms with van der Waals surface area (Å²) in [5.41, 5.74) is 2.60. The molecule has 1 aromatic carbocycles. The Morgan fingerprint density at radius 2 is 2.21 bits per heavy atom. The molecule has 2 N–H and O–H groups in total. The van der Waals surface area contributed by atoms with Crippen molar-refractivity contribution in [2.24, 2.45) is 0 Å². The number of aromatic carboxylic acids is 1. The predicted octanol–water partition coefficient (Wildman–Crippen LogP) is 1.88. The number of carboxylic acids is 1. The molecule has 98 valence electrons. The summed E-state index contributed by atoms with van der Waals surface area (Å²) < 4.78 is 0. The summed E-state index contributed by atoms with van der Waals surface area (Å²) in [6.07, 6.45) is 1.67. The zero-order chi connectivity index (χ0) is 13.6. The molecule has 1 amide bonds. The minimum absolute atomic E-state index is 0.0272. The van der Waals surface area contributed by atoms with Crippen LogP contribution in [0.3, 0.4) is 0 Å². The van der Waals surface area contributed by atoms with E-state index < -0.39 is 5.97 Å². The number of aryl methyl sites for hydroxylation is 1. The van der Waals surface area contributed by atoms with E-state index in [4.69, 9.17) is 5.11 Å². The lowest BCUT2D eigenvalue weighted by Gasteiger charge is -2.12. The third-order valence-electron chi connectivity index (χ3n) is 3.63. The summed E-state index contributed by atoms with van der Waals surface area (Å²) in [6, 6.07) is 4.92. The van der Waals surface area contributed by atoms with Crippen LogP contribution in [0.4, 0.5) is 0 Å². The van der Waals surface area contributed by atoms with Crippen LogP contribution in [0.25, 0.3) is 10.9 Å². The van der Waals surface area contributed by atoms with Crippen LogP contribution in [-0.4, -0.2) is 40.5 Å². The van der Waals surface area contributed by atoms with Crippen LogP contribution < -0.4 is 0 Å². The lowest BCUT2D eigenvalue weighted by atomic mass is 10.0. The maximum atomic E-state index is 12.2. The maximum Gasteiger partial charge on any atom is 0.335 e. The van der Waals surface area contributed by atoms with Gasteiger partial charge in [0.2, 0.25) is 0 Å². The van der Waals surface area contributed by atoms with E-state index in [1.807, 2.05) is 0 Å². The highest BCUT2D eigenvalue weighted by Gasteiger charge is 2.24. The fourth-order valence-electron chi connectivity index (χ4n) is 2.61. The lowest BCUT2D eigenvalue weighted by molar-refractivity contribution is 0.0696. The van der Waals surface area contributed by atoms with Gasteiger partial charge in [-0.15, -0.1) is 0 Å². The topological polar surface area (TPSA) is 73.4 Å². The molecule has 2 aromatic rings. The minimum Gasteiger partial charge on any atom is -0.478 e. The molecule has 3 rings (SSSR count). The maximum absolute atomic E-state index is 12.2. The van der Waals surface area contributed by atoms with Crippen molar-refractivity contribution in [1.29, 1.82) is 0 Å². The minimum atomic E-state index is -0.950. The van der Waals surface area contributed by atoms with Gasteiger partial charge >= 0.3 is 5.97 Å². The molecule has 1 aliphatic rings. The van der Waals surface area contributed by atoms with Crippen molar-refractivity contribution in [3.05, 3.63) is 35.0 Å². The number of nitrogens with one attached hydrogen (secondary N) is 1. The molecule has 1 aliphatic heterocycles. The van der Waals surface area contributed by atoms with Gasteiger partial charge in [-0.05, 0) is 36.6 Å². The number of amides is 1. The highest BCUT2D eigenvalue weighted by molar-refractivity contribution is 6.03. The van der Waals surface area contributed by atoms with Crippen LogP contribution >= 0.6 is 0 Å². The van der Waals surface area contributed by atoms with Gasteiger partial charge in [0.15, 0.2) is 0 Å². The number of hydrogen-bond donors (Lipinski definition) is 2. The molecule has 5 heteroatoms. The Labute approximate surface area is 109 Å². The molecule has 1 aromatic heterocycles. The van der Waals surface area contributed by atoms with Gasteiger partial charge < -0.3 is 15.0 Å². The van der Waals surface area contributed by atoms with Crippen LogP contribution in [0.1, 0.15) is 32.8 Å². The number of carbonyl (C=O) groups excluding carboxylic acids is 1. The number of nitrogens with zero attached hydrogens (tertiary/aromatic N) is 1. The molecule has 19 heavy (non-hydrogen) atoms. The van der Waals surface area contributed by atoms with Crippen LogP contribution in [0.2, 0.25) is 0 Å². The molecule has 0 unspecified atom stereocenters. The number of fused-ring (bicyclic) bond motifs is 3. The summed E-state index contributed by atoms with van der Waals surface area (Å²) in [5, 5.41) is 9.90. The van der Waals surface area contributed by atoms with Crippen molar-refractivity contribution in [1.82, 2.24) is 9.88 Å². The van der Waals surface area contributed by atoms with Gasteiger partial charge in [0.25, 0.3) is 5.91 Å². The SMILES string of the molecule is CN1CCCc2c([nH]c3ccc(C(=O)O)cc23)C1=O. The van der Waals surface area contributed by atoms with E-state index in [2.05, 4.69) is 4.98 Å². The number of benzene rings is 1. The van der Waals surface area contributed by atoms with E-state index in [9.17, 15) is 9.59 Å². The first kappa shape index (κ1) is 11.8. The second-order valence-corrected chi connectivity index (χ2v) is 4.87. The molecule has 0 spiro atoms. The van der Waals surface area contributed by atoms with Gasteiger partial charge in [0, 0.05) is 24.5 Å². The number of H-pyrrole nitrogens is 1. The molecule has 2 heterocycles. The third kappa shape index (κ3) is 1.78. The number of aromatic amines is 1. The van der Waals surface area contributed by atoms with E-state index >= 15 is 0 Å². The Hall–Kier alpha value is -2.30. The van der Waals surface area contributed by atoms with Gasteiger partial charge in [-0.3, -0.25) is 4.79 Å². The molecule has 0 saturated heterocycles. The van der Waals surface area contributed by atoms with Gasteiger partial charge in [0.1, 0.15) is 5.69 Å². The van der Waals surface area contributed by atoms with Crippen LogP contribution in [0.15, 0.2) is 18.2 Å². The number of carbonyl (C=O) groups is 2. The number of hydrogen-bond acceptors (Lipinski definition) is 2. The fraction of sp³-hybridized carbons (Fsp3) is 0.286. The van der Waals surface area contributed by atoms with Crippen LogP contribution in [0.5, 0.6) is 0 Å². The van der Waals surface area contributed by atoms with E-state index in [-0.39, 0.29) is 11.5 Å². The molecule has 0 radical (unpaired) electrons. The van der Waals surface area contributed by atoms with Gasteiger partial charge in [-0.2, -0.15) is 0 Å². The van der Waals surface area contributed by atoms with Crippen LogP contribution in [0, 0.1) is 0 Å².